The molecule has 2 fully saturated rings. The van der Waals surface area contributed by atoms with E-state index in [1.54, 1.807) is 6.92 Å². The molecule has 0 radical (unpaired) electrons. The van der Waals surface area contributed by atoms with Crippen LogP contribution >= 0.6 is 11.8 Å². The first-order valence-electron chi connectivity index (χ1n) is 6.55. The molecule has 7 heteroatoms. The summed E-state index contributed by atoms with van der Waals surface area (Å²) in [7, 11) is 0. The van der Waals surface area contributed by atoms with Crippen LogP contribution in [-0.2, 0) is 9.59 Å². The van der Waals surface area contributed by atoms with Crippen LogP contribution < -0.4 is 4.74 Å². The number of carboxylic acid groups (broad SMARTS) is 1. The molecule has 5 nitrogen and oxygen atoms in total. The average molecular weight is 311 g/mol. The molecule has 0 bridgehead atoms. The van der Waals surface area contributed by atoms with Crippen molar-refractivity contribution in [3.8, 4) is 5.75 Å². The van der Waals surface area contributed by atoms with Gasteiger partial charge in [-0.05, 0) is 19.1 Å². The van der Waals surface area contributed by atoms with Crippen molar-refractivity contribution in [2.24, 2.45) is 0 Å². The molecule has 112 valence electrons. The van der Waals surface area contributed by atoms with E-state index in [-0.39, 0.29) is 28.8 Å². The fraction of sp³-hybridized carbons (Fsp3) is 0.429. The smallest absolute Gasteiger partial charge is 0.351 e. The molecule has 1 amide bonds. The standard InChI is InChI=1S/C14H14FNO4S/c1-8-14(13(18)19,7-16-11(17)6-12(16)21-8)20-10-4-2-3-9(15)5-10/h2-5,8,12H,6-7H2,1H3,(H,18,19)/t8?,12-,14?/m1/s1. The summed E-state index contributed by atoms with van der Waals surface area (Å²) in [5, 5.41) is 9.30. The second kappa shape index (κ2) is 4.91. The van der Waals surface area contributed by atoms with Crippen LogP contribution in [0.15, 0.2) is 24.3 Å². The summed E-state index contributed by atoms with van der Waals surface area (Å²) in [6.45, 7) is 1.74. The normalized spacial score (nSPS) is 31.3. The number of ether oxygens (including phenoxy) is 1. The van der Waals surface area contributed by atoms with Crippen LogP contribution in [0.3, 0.4) is 0 Å². The highest BCUT2D eigenvalue weighted by atomic mass is 32.2. The molecule has 3 atom stereocenters. The molecule has 1 aromatic carbocycles. The van der Waals surface area contributed by atoms with Crippen molar-refractivity contribution in [1.29, 1.82) is 0 Å². The van der Waals surface area contributed by atoms with Gasteiger partial charge in [-0.25, -0.2) is 9.18 Å². The molecule has 1 aromatic rings. The van der Waals surface area contributed by atoms with Gasteiger partial charge in [0.2, 0.25) is 11.5 Å². The minimum atomic E-state index is -1.56. The summed E-state index contributed by atoms with van der Waals surface area (Å²) in [5.74, 6) is -1.57. The molecule has 0 aliphatic carbocycles. The molecule has 2 unspecified atom stereocenters. The topological polar surface area (TPSA) is 66.8 Å². The van der Waals surface area contributed by atoms with E-state index >= 15 is 0 Å². The van der Waals surface area contributed by atoms with E-state index in [0.717, 1.165) is 6.07 Å². The van der Waals surface area contributed by atoms with Gasteiger partial charge in [-0.1, -0.05) is 6.07 Å². The van der Waals surface area contributed by atoms with Crippen LogP contribution in [0.25, 0.3) is 0 Å². The van der Waals surface area contributed by atoms with E-state index in [1.165, 1.54) is 34.9 Å². The number of β-lactam (4-membered cyclic amide) rings is 1. The van der Waals surface area contributed by atoms with Gasteiger partial charge in [0, 0.05) is 6.07 Å². The number of hydrogen-bond donors (Lipinski definition) is 1. The molecule has 0 spiro atoms. The number of carbonyl (C=O) groups is 2. The molecule has 0 saturated carbocycles. The minimum Gasteiger partial charge on any atom is -0.478 e. The maximum atomic E-state index is 13.3. The Morgan fingerprint density at radius 3 is 2.95 bits per heavy atom. The third-order valence-corrected chi connectivity index (χ3v) is 5.42. The summed E-state index contributed by atoms with van der Waals surface area (Å²) in [5.41, 5.74) is -1.56. The maximum absolute atomic E-state index is 13.3. The Bertz CT molecular complexity index is 610. The van der Waals surface area contributed by atoms with E-state index in [9.17, 15) is 19.1 Å². The van der Waals surface area contributed by atoms with E-state index < -0.39 is 17.4 Å². The van der Waals surface area contributed by atoms with Crippen molar-refractivity contribution < 1.29 is 23.8 Å². The van der Waals surface area contributed by atoms with Crippen LogP contribution in [-0.4, -0.2) is 44.7 Å². The van der Waals surface area contributed by atoms with Crippen molar-refractivity contribution in [1.82, 2.24) is 4.90 Å². The van der Waals surface area contributed by atoms with E-state index in [1.807, 2.05) is 0 Å². The highest BCUT2D eigenvalue weighted by molar-refractivity contribution is 8.00. The zero-order chi connectivity index (χ0) is 15.2. The zero-order valence-corrected chi connectivity index (χ0v) is 12.1. The van der Waals surface area contributed by atoms with Crippen molar-refractivity contribution in [2.45, 2.75) is 29.6 Å². The van der Waals surface area contributed by atoms with Crippen molar-refractivity contribution in [3.05, 3.63) is 30.1 Å². The molecular weight excluding hydrogens is 297 g/mol. The molecular formula is C14H14FNO4S. The Kier molecular flexibility index (Phi) is 3.32. The quantitative estimate of drug-likeness (QED) is 0.861. The van der Waals surface area contributed by atoms with Crippen LogP contribution in [0.5, 0.6) is 5.75 Å². The van der Waals surface area contributed by atoms with Crippen molar-refractivity contribution in [3.63, 3.8) is 0 Å². The molecule has 21 heavy (non-hydrogen) atoms. The molecule has 2 aliphatic heterocycles. The lowest BCUT2D eigenvalue weighted by molar-refractivity contribution is -0.163. The number of fused-ring (bicyclic) bond motifs is 1. The van der Waals surface area contributed by atoms with Crippen LogP contribution in [0, 0.1) is 5.82 Å². The predicted molar refractivity (Wildman–Crippen MR) is 74.6 cm³/mol. The molecule has 2 heterocycles. The number of carbonyl (C=O) groups excluding carboxylic acids is 1. The Labute approximate surface area is 125 Å². The monoisotopic (exact) mass is 311 g/mol. The summed E-state index contributed by atoms with van der Waals surface area (Å²) in [4.78, 5) is 24.9. The number of rotatable bonds is 3. The molecule has 2 aliphatic rings. The number of nitrogens with zero attached hydrogens (tertiary/aromatic N) is 1. The molecule has 1 N–H and O–H groups in total. The zero-order valence-electron chi connectivity index (χ0n) is 11.3. The highest BCUT2D eigenvalue weighted by Crippen LogP contribution is 2.44. The Balaban J connectivity index is 1.92. The molecule has 2 saturated heterocycles. The maximum Gasteiger partial charge on any atom is 0.351 e. The first kappa shape index (κ1) is 14.2. The number of aliphatic carboxylic acids is 1. The Morgan fingerprint density at radius 2 is 2.33 bits per heavy atom. The van der Waals surface area contributed by atoms with Crippen molar-refractivity contribution in [2.75, 3.05) is 6.54 Å². The number of hydrogen-bond acceptors (Lipinski definition) is 4. The van der Waals surface area contributed by atoms with Crippen LogP contribution in [0.4, 0.5) is 4.39 Å². The second-order valence-electron chi connectivity index (χ2n) is 5.21. The van der Waals surface area contributed by atoms with Gasteiger partial charge < -0.3 is 14.7 Å². The van der Waals surface area contributed by atoms with Gasteiger partial charge in [0.25, 0.3) is 0 Å². The lowest BCUT2D eigenvalue weighted by atomic mass is 9.96. The first-order valence-corrected chi connectivity index (χ1v) is 7.49. The average Bonchev–Trinajstić information content (AvgIpc) is 2.41. The number of carboxylic acids is 1. The fourth-order valence-corrected chi connectivity index (χ4v) is 4.10. The van der Waals surface area contributed by atoms with Crippen LogP contribution in [0.2, 0.25) is 0 Å². The van der Waals surface area contributed by atoms with Gasteiger partial charge in [0.1, 0.15) is 11.6 Å². The number of halogens is 1. The minimum absolute atomic E-state index is 0.0173. The van der Waals surface area contributed by atoms with E-state index in [0.29, 0.717) is 6.42 Å². The summed E-state index contributed by atoms with van der Waals surface area (Å²) < 4.78 is 18.9. The van der Waals surface area contributed by atoms with E-state index in [2.05, 4.69) is 0 Å². The number of amides is 1. The van der Waals surface area contributed by atoms with Gasteiger partial charge in [-0.2, -0.15) is 0 Å². The number of thioether (sulfide) groups is 1. The second-order valence-corrected chi connectivity index (χ2v) is 6.74. The first-order chi connectivity index (χ1) is 9.92. The lowest BCUT2D eigenvalue weighted by Crippen LogP contribution is -2.69. The summed E-state index contributed by atoms with van der Waals surface area (Å²) in [6.07, 6.45) is 0.435. The van der Waals surface area contributed by atoms with Crippen molar-refractivity contribution >= 4 is 23.6 Å². The third kappa shape index (κ3) is 2.25. The van der Waals surface area contributed by atoms with Gasteiger partial charge in [-0.15, -0.1) is 11.8 Å². The number of benzene rings is 1. The lowest BCUT2D eigenvalue weighted by Gasteiger charge is -2.52. The molecule has 3 rings (SSSR count). The largest absolute Gasteiger partial charge is 0.478 e. The highest BCUT2D eigenvalue weighted by Gasteiger charge is 2.57. The fourth-order valence-electron chi connectivity index (χ4n) is 2.60. The van der Waals surface area contributed by atoms with Gasteiger partial charge in [0.15, 0.2) is 0 Å². The van der Waals surface area contributed by atoms with Gasteiger partial charge in [0.05, 0.1) is 23.6 Å². The van der Waals surface area contributed by atoms with Gasteiger partial charge >= 0.3 is 5.97 Å². The Morgan fingerprint density at radius 1 is 1.57 bits per heavy atom. The summed E-state index contributed by atoms with van der Waals surface area (Å²) in [6, 6.07) is 5.37. The van der Waals surface area contributed by atoms with Crippen LogP contribution in [0.1, 0.15) is 13.3 Å². The van der Waals surface area contributed by atoms with Gasteiger partial charge in [-0.3, -0.25) is 4.79 Å². The third-order valence-electron chi connectivity index (χ3n) is 3.90. The molecule has 0 aromatic heterocycles. The SMILES string of the molecule is CC1S[C@@H]2CC(=O)N2CC1(Oc1cccc(F)c1)C(=O)O. The van der Waals surface area contributed by atoms with E-state index in [4.69, 9.17) is 4.74 Å². The summed E-state index contributed by atoms with van der Waals surface area (Å²) >= 11 is 1.40. The predicted octanol–water partition coefficient (Wildman–Crippen LogP) is 1.72. The Hall–Kier alpha value is -1.76.